The fourth-order valence-corrected chi connectivity index (χ4v) is 3.25. The minimum atomic E-state index is -0.132. The third-order valence-electron chi connectivity index (χ3n) is 4.92. The third kappa shape index (κ3) is 3.61. The van der Waals surface area contributed by atoms with Crippen LogP contribution in [0.5, 0.6) is 5.75 Å². The molecular weight excluding hydrogens is 354 g/mol. The van der Waals surface area contributed by atoms with Crippen molar-refractivity contribution in [1.82, 2.24) is 24.6 Å². The topological polar surface area (TPSA) is 63.5 Å². The number of carbonyl (C=O) groups is 1. The molecule has 1 fully saturated rings. The van der Waals surface area contributed by atoms with Crippen LogP contribution in [0.15, 0.2) is 54.6 Å². The Morgan fingerprint density at radius 3 is 2.46 bits per heavy atom. The van der Waals surface area contributed by atoms with E-state index in [2.05, 4.69) is 22.0 Å². The Bertz CT molecular complexity index is 962. The van der Waals surface area contributed by atoms with Gasteiger partial charge >= 0.3 is 0 Å². The highest BCUT2D eigenvalue weighted by molar-refractivity contribution is 5.91. The van der Waals surface area contributed by atoms with Crippen molar-refractivity contribution in [3.63, 3.8) is 0 Å². The molecule has 144 valence electrons. The molecule has 0 spiro atoms. The predicted octanol–water partition coefficient (Wildman–Crippen LogP) is 2.33. The molecule has 7 nitrogen and oxygen atoms in total. The van der Waals surface area contributed by atoms with Crippen LogP contribution < -0.4 is 4.74 Å². The fraction of sp³-hybridized carbons (Fsp3) is 0.286. The third-order valence-corrected chi connectivity index (χ3v) is 4.92. The maximum absolute atomic E-state index is 13.0. The van der Waals surface area contributed by atoms with E-state index >= 15 is 0 Å². The van der Waals surface area contributed by atoms with Crippen LogP contribution in [0.3, 0.4) is 0 Å². The number of benzene rings is 2. The molecule has 1 aliphatic heterocycles. The number of amides is 1. The van der Waals surface area contributed by atoms with E-state index in [0.29, 0.717) is 18.9 Å². The molecule has 0 unspecified atom stereocenters. The van der Waals surface area contributed by atoms with Gasteiger partial charge in [-0.15, -0.1) is 5.10 Å². The molecule has 1 aliphatic rings. The number of rotatable bonds is 4. The van der Waals surface area contributed by atoms with Crippen LogP contribution in [0.25, 0.3) is 17.1 Å². The van der Waals surface area contributed by atoms with Crippen molar-refractivity contribution in [2.75, 3.05) is 40.3 Å². The minimum absolute atomic E-state index is 0.132. The van der Waals surface area contributed by atoms with E-state index in [0.717, 1.165) is 30.1 Å². The van der Waals surface area contributed by atoms with Gasteiger partial charge in [0.05, 0.1) is 12.8 Å². The van der Waals surface area contributed by atoms with Gasteiger partial charge in [0.15, 0.2) is 5.82 Å². The van der Waals surface area contributed by atoms with Gasteiger partial charge in [-0.3, -0.25) is 4.79 Å². The van der Waals surface area contributed by atoms with Crippen LogP contribution >= 0.6 is 0 Å². The van der Waals surface area contributed by atoms with E-state index in [1.165, 1.54) is 0 Å². The second-order valence-electron chi connectivity index (χ2n) is 6.83. The van der Waals surface area contributed by atoms with Crippen molar-refractivity contribution >= 4 is 5.91 Å². The first kappa shape index (κ1) is 18.2. The first-order chi connectivity index (χ1) is 13.7. The lowest BCUT2D eigenvalue weighted by Gasteiger charge is -2.31. The molecule has 2 heterocycles. The second kappa shape index (κ2) is 7.82. The van der Waals surface area contributed by atoms with E-state index in [1.54, 1.807) is 11.8 Å². The lowest BCUT2D eigenvalue weighted by atomic mass is 10.2. The van der Waals surface area contributed by atoms with Crippen molar-refractivity contribution in [1.29, 1.82) is 0 Å². The number of para-hydroxylation sites is 1. The van der Waals surface area contributed by atoms with E-state index < -0.39 is 0 Å². The first-order valence-electron chi connectivity index (χ1n) is 9.30. The fourth-order valence-electron chi connectivity index (χ4n) is 3.25. The highest BCUT2D eigenvalue weighted by atomic mass is 16.5. The average molecular weight is 377 g/mol. The highest BCUT2D eigenvalue weighted by Crippen LogP contribution is 2.25. The lowest BCUT2D eigenvalue weighted by Crippen LogP contribution is -2.47. The van der Waals surface area contributed by atoms with Gasteiger partial charge in [-0.1, -0.05) is 30.3 Å². The zero-order chi connectivity index (χ0) is 19.5. The van der Waals surface area contributed by atoms with Crippen molar-refractivity contribution in [3.05, 3.63) is 60.4 Å². The highest BCUT2D eigenvalue weighted by Gasteiger charge is 2.25. The van der Waals surface area contributed by atoms with E-state index in [1.807, 2.05) is 59.5 Å². The monoisotopic (exact) mass is 377 g/mol. The SMILES string of the molecule is COc1cccc(-c2nc(C(=O)N3CCN(C)CC3)nn2-c2ccccc2)c1. The first-order valence-corrected chi connectivity index (χ1v) is 9.30. The molecule has 28 heavy (non-hydrogen) atoms. The summed E-state index contributed by atoms with van der Waals surface area (Å²) in [5.41, 5.74) is 1.69. The van der Waals surface area contributed by atoms with Crippen LogP contribution in [0, 0.1) is 0 Å². The lowest BCUT2D eigenvalue weighted by molar-refractivity contribution is 0.0652. The predicted molar refractivity (Wildman–Crippen MR) is 107 cm³/mol. The Balaban J connectivity index is 1.75. The zero-order valence-corrected chi connectivity index (χ0v) is 16.1. The molecule has 7 heteroatoms. The molecule has 0 atom stereocenters. The molecule has 1 aromatic heterocycles. The molecule has 1 saturated heterocycles. The molecule has 0 saturated carbocycles. The number of hydrogen-bond donors (Lipinski definition) is 0. The number of piperazine rings is 1. The Hall–Kier alpha value is -3.19. The smallest absolute Gasteiger partial charge is 0.293 e. The average Bonchev–Trinajstić information content (AvgIpc) is 3.20. The number of aromatic nitrogens is 3. The van der Waals surface area contributed by atoms with E-state index in [-0.39, 0.29) is 11.7 Å². The molecule has 2 aromatic carbocycles. The number of ether oxygens (including phenoxy) is 1. The Morgan fingerprint density at radius 2 is 1.75 bits per heavy atom. The zero-order valence-electron chi connectivity index (χ0n) is 16.1. The van der Waals surface area contributed by atoms with Gasteiger partial charge in [-0.25, -0.2) is 9.67 Å². The second-order valence-corrected chi connectivity index (χ2v) is 6.83. The van der Waals surface area contributed by atoms with Crippen LogP contribution in [0.4, 0.5) is 0 Å². The number of hydrogen-bond acceptors (Lipinski definition) is 5. The summed E-state index contributed by atoms with van der Waals surface area (Å²) in [5, 5.41) is 4.57. The summed E-state index contributed by atoms with van der Waals surface area (Å²) in [6.07, 6.45) is 0. The summed E-state index contributed by atoms with van der Waals surface area (Å²) in [5.74, 6) is 1.42. The van der Waals surface area contributed by atoms with Gasteiger partial charge in [-0.2, -0.15) is 0 Å². The maximum atomic E-state index is 13.0. The van der Waals surface area contributed by atoms with Gasteiger partial charge in [0.1, 0.15) is 5.75 Å². The summed E-state index contributed by atoms with van der Waals surface area (Å²) >= 11 is 0. The molecule has 0 N–H and O–H groups in total. The van der Waals surface area contributed by atoms with Crippen LogP contribution in [0.2, 0.25) is 0 Å². The summed E-state index contributed by atoms with van der Waals surface area (Å²) in [6.45, 7) is 3.08. The largest absolute Gasteiger partial charge is 0.497 e. The number of likely N-dealkylation sites (N-methyl/N-ethyl adjacent to an activating group) is 1. The standard InChI is InChI=1S/C21H23N5O2/c1-24-11-13-25(14-12-24)21(27)19-22-20(16-7-6-10-18(15-16)28-2)26(23-19)17-8-4-3-5-9-17/h3-10,15H,11-14H2,1-2H3. The summed E-state index contributed by atoms with van der Waals surface area (Å²) in [6, 6.07) is 17.3. The van der Waals surface area contributed by atoms with Crippen molar-refractivity contribution < 1.29 is 9.53 Å². The van der Waals surface area contributed by atoms with Crippen LogP contribution in [-0.4, -0.2) is 70.8 Å². The van der Waals surface area contributed by atoms with Gasteiger partial charge in [0, 0.05) is 31.7 Å². The Kier molecular flexibility index (Phi) is 5.08. The molecule has 3 aromatic rings. The van der Waals surface area contributed by atoms with E-state index in [9.17, 15) is 4.79 Å². The molecule has 1 amide bonds. The van der Waals surface area contributed by atoms with Gasteiger partial charge in [0.25, 0.3) is 5.91 Å². The van der Waals surface area contributed by atoms with Crippen molar-refractivity contribution in [2.45, 2.75) is 0 Å². The Labute approximate surface area is 164 Å². The molecule has 0 bridgehead atoms. The molecule has 4 rings (SSSR count). The van der Waals surface area contributed by atoms with Gasteiger partial charge in [-0.05, 0) is 31.3 Å². The number of carbonyl (C=O) groups excluding carboxylic acids is 1. The number of nitrogens with zero attached hydrogens (tertiary/aromatic N) is 5. The van der Waals surface area contributed by atoms with Crippen LogP contribution in [0.1, 0.15) is 10.6 Å². The molecular formula is C21H23N5O2. The molecule has 0 aliphatic carbocycles. The number of methoxy groups -OCH3 is 1. The maximum Gasteiger partial charge on any atom is 0.293 e. The van der Waals surface area contributed by atoms with Gasteiger partial charge in [0.2, 0.25) is 5.82 Å². The van der Waals surface area contributed by atoms with Crippen molar-refractivity contribution in [3.8, 4) is 22.8 Å². The molecule has 0 radical (unpaired) electrons. The quantitative estimate of drug-likeness (QED) is 0.698. The summed E-state index contributed by atoms with van der Waals surface area (Å²) in [4.78, 5) is 21.6. The van der Waals surface area contributed by atoms with Crippen molar-refractivity contribution in [2.24, 2.45) is 0 Å². The normalized spacial score (nSPS) is 14.9. The summed E-state index contributed by atoms with van der Waals surface area (Å²) in [7, 11) is 3.69. The summed E-state index contributed by atoms with van der Waals surface area (Å²) < 4.78 is 7.06. The van der Waals surface area contributed by atoms with Crippen LogP contribution in [-0.2, 0) is 0 Å². The van der Waals surface area contributed by atoms with E-state index in [4.69, 9.17) is 4.74 Å². The van der Waals surface area contributed by atoms with Gasteiger partial charge < -0.3 is 14.5 Å². The Morgan fingerprint density at radius 1 is 1.00 bits per heavy atom. The minimum Gasteiger partial charge on any atom is -0.497 e.